The Hall–Kier alpha value is -1.59. The molecule has 1 aromatic rings. The van der Waals surface area contributed by atoms with Gasteiger partial charge in [-0.3, -0.25) is 0 Å². The molecule has 5 nitrogen and oxygen atoms in total. The van der Waals surface area contributed by atoms with Crippen LogP contribution in [0.25, 0.3) is 0 Å². The van der Waals surface area contributed by atoms with E-state index in [1.54, 1.807) is 0 Å². The summed E-state index contributed by atoms with van der Waals surface area (Å²) in [5, 5.41) is 15.4. The summed E-state index contributed by atoms with van der Waals surface area (Å²) in [5.41, 5.74) is 1.31. The van der Waals surface area contributed by atoms with E-state index in [-0.39, 0.29) is 18.2 Å². The van der Waals surface area contributed by atoms with Crippen LogP contribution in [0.5, 0.6) is 0 Å². The molecule has 1 fully saturated rings. The fraction of sp³-hybridized carbons (Fsp3) is 0.611. The Balaban J connectivity index is 1.53. The molecule has 1 aliphatic carbocycles. The predicted octanol–water partition coefficient (Wildman–Crippen LogP) is 2.11. The molecule has 5 heteroatoms. The van der Waals surface area contributed by atoms with Crippen LogP contribution in [0.1, 0.15) is 37.7 Å². The lowest BCUT2D eigenvalue weighted by atomic mass is 9.93. The quantitative estimate of drug-likeness (QED) is 0.675. The largest absolute Gasteiger partial charge is 0.393 e. The first-order valence-corrected chi connectivity index (χ1v) is 8.58. The van der Waals surface area contributed by atoms with Crippen molar-refractivity contribution in [1.29, 1.82) is 0 Å². The molecule has 0 unspecified atom stereocenters. The van der Waals surface area contributed by atoms with Crippen molar-refractivity contribution in [3.05, 3.63) is 35.9 Å². The number of amides is 2. The fourth-order valence-corrected chi connectivity index (χ4v) is 2.98. The van der Waals surface area contributed by atoms with Gasteiger partial charge in [-0.05, 0) is 51.3 Å². The number of rotatable bonds is 7. The van der Waals surface area contributed by atoms with Gasteiger partial charge in [-0.2, -0.15) is 0 Å². The Labute approximate surface area is 139 Å². The van der Waals surface area contributed by atoms with Crippen molar-refractivity contribution in [3.63, 3.8) is 0 Å². The van der Waals surface area contributed by atoms with Crippen LogP contribution in [0.4, 0.5) is 4.79 Å². The molecule has 0 bridgehead atoms. The lowest BCUT2D eigenvalue weighted by molar-refractivity contribution is 0.117. The van der Waals surface area contributed by atoms with E-state index in [4.69, 9.17) is 0 Å². The van der Waals surface area contributed by atoms with E-state index < -0.39 is 0 Å². The summed E-state index contributed by atoms with van der Waals surface area (Å²) < 4.78 is 0. The van der Waals surface area contributed by atoms with Gasteiger partial charge in [-0.1, -0.05) is 30.3 Å². The van der Waals surface area contributed by atoms with Crippen molar-refractivity contribution in [2.45, 2.75) is 50.8 Å². The van der Waals surface area contributed by atoms with Crippen LogP contribution in [0.3, 0.4) is 0 Å². The van der Waals surface area contributed by atoms with Gasteiger partial charge in [-0.15, -0.1) is 0 Å². The van der Waals surface area contributed by atoms with E-state index in [2.05, 4.69) is 46.8 Å². The molecule has 0 aromatic heterocycles. The number of urea groups is 1. The molecule has 1 aromatic carbocycles. The van der Waals surface area contributed by atoms with E-state index >= 15 is 0 Å². The van der Waals surface area contributed by atoms with Gasteiger partial charge >= 0.3 is 6.03 Å². The van der Waals surface area contributed by atoms with Crippen molar-refractivity contribution in [1.82, 2.24) is 15.5 Å². The minimum absolute atomic E-state index is 0.0860. The third-order valence-electron chi connectivity index (χ3n) is 4.33. The van der Waals surface area contributed by atoms with Gasteiger partial charge in [0, 0.05) is 19.1 Å². The molecule has 2 rings (SSSR count). The van der Waals surface area contributed by atoms with Gasteiger partial charge in [0.15, 0.2) is 0 Å². The standard InChI is InChI=1S/C18H29N3O2/c1-21(14-15-6-3-2-4-7-15)13-5-12-19-18(23)20-16-8-10-17(22)11-9-16/h2-4,6-7,16-17,22H,5,8-14H2,1H3,(H2,19,20,23). The maximum Gasteiger partial charge on any atom is 0.315 e. The monoisotopic (exact) mass is 319 g/mol. The van der Waals surface area contributed by atoms with E-state index in [9.17, 15) is 9.90 Å². The first kappa shape index (κ1) is 17.8. The third-order valence-corrected chi connectivity index (χ3v) is 4.33. The predicted molar refractivity (Wildman–Crippen MR) is 92.2 cm³/mol. The third kappa shape index (κ3) is 7.01. The normalized spacial score (nSPS) is 21.2. The molecule has 2 amide bonds. The zero-order valence-corrected chi connectivity index (χ0v) is 14.0. The first-order valence-electron chi connectivity index (χ1n) is 8.58. The van der Waals surface area contributed by atoms with Crippen LogP contribution in [0.15, 0.2) is 30.3 Å². The molecule has 1 aliphatic rings. The first-order chi connectivity index (χ1) is 11.1. The summed E-state index contributed by atoms with van der Waals surface area (Å²) >= 11 is 0. The van der Waals surface area contributed by atoms with E-state index in [0.29, 0.717) is 6.54 Å². The van der Waals surface area contributed by atoms with Crippen LogP contribution in [-0.2, 0) is 6.54 Å². The number of hydrogen-bond donors (Lipinski definition) is 3. The molecular weight excluding hydrogens is 290 g/mol. The van der Waals surface area contributed by atoms with Crippen LogP contribution >= 0.6 is 0 Å². The molecule has 1 saturated carbocycles. The SMILES string of the molecule is CN(CCCNC(=O)NC1CCC(O)CC1)Cc1ccccc1. The Bertz CT molecular complexity index is 459. The van der Waals surface area contributed by atoms with Crippen LogP contribution in [-0.4, -0.2) is 48.3 Å². The Morgan fingerprint density at radius 2 is 1.91 bits per heavy atom. The average molecular weight is 319 g/mol. The Kier molecular flexibility index (Phi) is 7.36. The number of aliphatic hydroxyl groups excluding tert-OH is 1. The molecule has 0 radical (unpaired) electrons. The highest BCUT2D eigenvalue weighted by Crippen LogP contribution is 2.17. The fourth-order valence-electron chi connectivity index (χ4n) is 2.98. The summed E-state index contributed by atoms with van der Waals surface area (Å²) in [4.78, 5) is 14.1. The Morgan fingerprint density at radius 3 is 2.61 bits per heavy atom. The molecule has 23 heavy (non-hydrogen) atoms. The van der Waals surface area contributed by atoms with Gasteiger partial charge in [0.25, 0.3) is 0 Å². The number of carbonyl (C=O) groups excluding carboxylic acids is 1. The lowest BCUT2D eigenvalue weighted by Gasteiger charge is -2.26. The summed E-state index contributed by atoms with van der Waals surface area (Å²) in [6.45, 7) is 2.56. The molecule has 128 valence electrons. The highest BCUT2D eigenvalue weighted by Gasteiger charge is 2.20. The van der Waals surface area contributed by atoms with Crippen molar-refractivity contribution < 1.29 is 9.90 Å². The second-order valence-electron chi connectivity index (χ2n) is 6.48. The summed E-state index contributed by atoms with van der Waals surface area (Å²) in [6, 6.07) is 10.5. The highest BCUT2D eigenvalue weighted by atomic mass is 16.3. The van der Waals surface area contributed by atoms with Crippen molar-refractivity contribution in [2.24, 2.45) is 0 Å². The molecule has 0 saturated heterocycles. The maximum atomic E-state index is 11.8. The molecule has 0 aliphatic heterocycles. The van der Waals surface area contributed by atoms with E-state index in [0.717, 1.165) is 45.2 Å². The molecule has 0 atom stereocenters. The topological polar surface area (TPSA) is 64.6 Å². The van der Waals surface area contributed by atoms with E-state index in [1.165, 1.54) is 5.56 Å². The minimum Gasteiger partial charge on any atom is -0.393 e. The van der Waals surface area contributed by atoms with Crippen LogP contribution in [0.2, 0.25) is 0 Å². The number of hydrogen-bond acceptors (Lipinski definition) is 3. The molecule has 0 spiro atoms. The zero-order chi connectivity index (χ0) is 16.5. The number of nitrogens with zero attached hydrogens (tertiary/aromatic N) is 1. The zero-order valence-electron chi connectivity index (χ0n) is 14.0. The van der Waals surface area contributed by atoms with Gasteiger partial charge in [-0.25, -0.2) is 4.79 Å². The number of aliphatic hydroxyl groups is 1. The van der Waals surface area contributed by atoms with Gasteiger partial charge < -0.3 is 20.6 Å². The summed E-state index contributed by atoms with van der Waals surface area (Å²) in [7, 11) is 2.10. The smallest absolute Gasteiger partial charge is 0.315 e. The average Bonchev–Trinajstić information content (AvgIpc) is 2.55. The second kappa shape index (κ2) is 9.53. The van der Waals surface area contributed by atoms with E-state index in [1.807, 2.05) is 6.07 Å². The number of benzene rings is 1. The van der Waals surface area contributed by atoms with Crippen molar-refractivity contribution in [2.75, 3.05) is 20.1 Å². The van der Waals surface area contributed by atoms with Crippen molar-refractivity contribution >= 4 is 6.03 Å². The van der Waals surface area contributed by atoms with Crippen LogP contribution in [0, 0.1) is 0 Å². The summed E-state index contributed by atoms with van der Waals surface area (Å²) in [6.07, 6.45) is 4.06. The van der Waals surface area contributed by atoms with Gasteiger partial charge in [0.05, 0.1) is 6.10 Å². The molecular formula is C18H29N3O2. The summed E-state index contributed by atoms with van der Waals surface area (Å²) in [5.74, 6) is 0. The van der Waals surface area contributed by atoms with Gasteiger partial charge in [0.1, 0.15) is 0 Å². The molecule has 0 heterocycles. The molecule has 3 N–H and O–H groups in total. The van der Waals surface area contributed by atoms with Gasteiger partial charge in [0.2, 0.25) is 0 Å². The maximum absolute atomic E-state index is 11.8. The second-order valence-corrected chi connectivity index (χ2v) is 6.48. The number of nitrogens with one attached hydrogen (secondary N) is 2. The van der Waals surface area contributed by atoms with Crippen molar-refractivity contribution in [3.8, 4) is 0 Å². The minimum atomic E-state index is -0.184. The highest BCUT2D eigenvalue weighted by molar-refractivity contribution is 5.74. The van der Waals surface area contributed by atoms with Crippen LogP contribution < -0.4 is 10.6 Å². The number of carbonyl (C=O) groups is 1. The Morgan fingerprint density at radius 1 is 1.22 bits per heavy atom. The lowest BCUT2D eigenvalue weighted by Crippen LogP contribution is -2.44.